The van der Waals surface area contributed by atoms with Gasteiger partial charge in [-0.1, -0.05) is 25.2 Å². The number of nitrogens with zero attached hydrogens (tertiary/aromatic N) is 1. The Bertz CT molecular complexity index is 583. The van der Waals surface area contributed by atoms with Crippen LogP contribution in [-0.4, -0.2) is 28.8 Å². The summed E-state index contributed by atoms with van der Waals surface area (Å²) in [5.41, 5.74) is 7.07. The van der Waals surface area contributed by atoms with E-state index in [1.54, 1.807) is 18.2 Å². The second-order valence-corrected chi connectivity index (χ2v) is 5.73. The molecule has 0 aromatic heterocycles. The molecule has 0 atom stereocenters. The molecule has 2 N–H and O–H groups in total. The van der Waals surface area contributed by atoms with Gasteiger partial charge < -0.3 is 10.5 Å². The molecule has 1 saturated heterocycles. The van der Waals surface area contributed by atoms with Crippen molar-refractivity contribution in [3.8, 4) is 5.75 Å². The predicted octanol–water partition coefficient (Wildman–Crippen LogP) is 1.61. The molecule has 0 aliphatic carbocycles. The van der Waals surface area contributed by atoms with Crippen LogP contribution in [0.3, 0.4) is 0 Å². The number of methoxy groups -OCH3 is 1. The zero-order valence-corrected chi connectivity index (χ0v) is 12.9. The number of benzene rings is 1. The summed E-state index contributed by atoms with van der Waals surface area (Å²) in [6.07, 6.45) is 0.821. The van der Waals surface area contributed by atoms with Gasteiger partial charge in [0.15, 0.2) is 0 Å². The van der Waals surface area contributed by atoms with Crippen molar-refractivity contribution >= 4 is 29.0 Å². The lowest BCUT2D eigenvalue weighted by Crippen LogP contribution is -2.42. The lowest BCUT2D eigenvalue weighted by Gasteiger charge is -2.28. The van der Waals surface area contributed by atoms with E-state index in [1.807, 2.05) is 6.92 Å². The molecule has 2 amide bonds. The maximum atomic E-state index is 12.0. The number of piperidine rings is 1. The van der Waals surface area contributed by atoms with Gasteiger partial charge in [-0.15, -0.1) is 0 Å². The summed E-state index contributed by atoms with van der Waals surface area (Å²) in [6, 6.07) is 5.31. The van der Waals surface area contributed by atoms with E-state index in [0.717, 1.165) is 5.56 Å². The van der Waals surface area contributed by atoms with Crippen molar-refractivity contribution < 1.29 is 14.3 Å². The van der Waals surface area contributed by atoms with Crippen LogP contribution in [0.25, 0.3) is 0 Å². The monoisotopic (exact) mass is 306 g/mol. The van der Waals surface area contributed by atoms with E-state index in [1.165, 1.54) is 12.0 Å². The van der Waals surface area contributed by atoms with Crippen LogP contribution < -0.4 is 10.5 Å². The van der Waals surface area contributed by atoms with Crippen LogP contribution in [0.1, 0.15) is 30.9 Å². The number of carbonyl (C=O) groups excluding carboxylic acids is 2. The van der Waals surface area contributed by atoms with Gasteiger partial charge in [0.1, 0.15) is 10.7 Å². The third-order valence-electron chi connectivity index (χ3n) is 3.52. The number of likely N-dealkylation sites (tertiary alicyclic amines) is 1. The molecule has 0 radical (unpaired) electrons. The summed E-state index contributed by atoms with van der Waals surface area (Å²) in [6.45, 7) is 2.16. The zero-order valence-electron chi connectivity index (χ0n) is 12.1. The van der Waals surface area contributed by atoms with Crippen LogP contribution in [0.5, 0.6) is 5.75 Å². The number of thiocarbonyl (C=S) groups is 1. The van der Waals surface area contributed by atoms with E-state index in [-0.39, 0.29) is 29.3 Å². The molecule has 1 aromatic carbocycles. The molecule has 1 aromatic rings. The second kappa shape index (κ2) is 6.22. The molecule has 1 heterocycles. The first-order chi connectivity index (χ1) is 9.92. The van der Waals surface area contributed by atoms with Gasteiger partial charge in [-0.05, 0) is 23.6 Å². The first kappa shape index (κ1) is 15.4. The number of nitrogens with two attached hydrogens (primary N) is 1. The van der Waals surface area contributed by atoms with E-state index >= 15 is 0 Å². The molecular weight excluding hydrogens is 288 g/mol. The fourth-order valence-electron chi connectivity index (χ4n) is 2.42. The van der Waals surface area contributed by atoms with Crippen molar-refractivity contribution in [1.82, 2.24) is 4.90 Å². The number of amides is 2. The Balaban J connectivity index is 2.22. The zero-order chi connectivity index (χ0) is 15.6. The van der Waals surface area contributed by atoms with Crippen molar-refractivity contribution in [2.45, 2.75) is 26.3 Å². The smallest absolute Gasteiger partial charge is 0.229 e. The SMILES string of the molecule is COc1cc(CN2C(=O)CC(C)CC2=O)ccc1C(N)=S. The van der Waals surface area contributed by atoms with Gasteiger partial charge in [0, 0.05) is 12.8 Å². The van der Waals surface area contributed by atoms with Crippen molar-refractivity contribution in [1.29, 1.82) is 0 Å². The first-order valence-electron chi connectivity index (χ1n) is 6.72. The maximum absolute atomic E-state index is 12.0. The molecule has 0 saturated carbocycles. The van der Waals surface area contributed by atoms with E-state index < -0.39 is 0 Å². The molecule has 5 nitrogen and oxygen atoms in total. The van der Waals surface area contributed by atoms with E-state index in [4.69, 9.17) is 22.7 Å². The van der Waals surface area contributed by atoms with E-state index in [9.17, 15) is 9.59 Å². The number of hydrogen-bond acceptors (Lipinski definition) is 4. The highest BCUT2D eigenvalue weighted by Gasteiger charge is 2.30. The van der Waals surface area contributed by atoms with Gasteiger partial charge >= 0.3 is 0 Å². The molecule has 1 aliphatic rings. The summed E-state index contributed by atoms with van der Waals surface area (Å²) in [5.74, 6) is 0.408. The summed E-state index contributed by atoms with van der Waals surface area (Å²) < 4.78 is 5.25. The topological polar surface area (TPSA) is 72.6 Å². The maximum Gasteiger partial charge on any atom is 0.229 e. The van der Waals surface area contributed by atoms with Crippen molar-refractivity contribution in [2.24, 2.45) is 11.7 Å². The van der Waals surface area contributed by atoms with Gasteiger partial charge in [0.25, 0.3) is 0 Å². The average molecular weight is 306 g/mol. The predicted molar refractivity (Wildman–Crippen MR) is 82.8 cm³/mol. The van der Waals surface area contributed by atoms with Crippen LogP contribution in [-0.2, 0) is 16.1 Å². The summed E-state index contributed by atoms with van der Waals surface area (Å²) in [7, 11) is 1.53. The molecule has 6 heteroatoms. The summed E-state index contributed by atoms with van der Waals surface area (Å²) in [4.78, 5) is 25.5. The molecule has 21 heavy (non-hydrogen) atoms. The molecule has 1 fully saturated rings. The molecule has 2 rings (SSSR count). The Labute approximate surface area is 129 Å². The highest BCUT2D eigenvalue weighted by molar-refractivity contribution is 7.80. The lowest BCUT2D eigenvalue weighted by atomic mass is 9.97. The number of rotatable bonds is 4. The third-order valence-corrected chi connectivity index (χ3v) is 3.74. The Kier molecular flexibility index (Phi) is 4.57. The molecule has 0 unspecified atom stereocenters. The van der Waals surface area contributed by atoms with Crippen molar-refractivity contribution in [3.63, 3.8) is 0 Å². The number of imide groups is 1. The Morgan fingerprint density at radius 2 is 2.00 bits per heavy atom. The lowest BCUT2D eigenvalue weighted by molar-refractivity contribution is -0.150. The minimum Gasteiger partial charge on any atom is -0.496 e. The standard InChI is InChI=1S/C15H18N2O3S/c1-9-5-13(18)17(14(19)6-9)8-10-3-4-11(15(16)21)12(7-10)20-2/h3-4,7,9H,5-6,8H2,1-2H3,(H2,16,21). The van der Waals surface area contributed by atoms with Crippen LogP contribution >= 0.6 is 12.2 Å². The molecule has 0 spiro atoms. The van der Waals surface area contributed by atoms with Crippen molar-refractivity contribution in [2.75, 3.05) is 7.11 Å². The van der Waals surface area contributed by atoms with Gasteiger partial charge in [0.2, 0.25) is 11.8 Å². The first-order valence-corrected chi connectivity index (χ1v) is 7.13. The van der Waals surface area contributed by atoms with E-state index in [0.29, 0.717) is 24.2 Å². The van der Waals surface area contributed by atoms with E-state index in [2.05, 4.69) is 0 Å². The fraction of sp³-hybridized carbons (Fsp3) is 0.400. The van der Waals surface area contributed by atoms with Crippen LogP contribution in [0.15, 0.2) is 18.2 Å². The average Bonchev–Trinajstić information content (AvgIpc) is 2.42. The highest BCUT2D eigenvalue weighted by atomic mass is 32.1. The van der Waals surface area contributed by atoms with Gasteiger partial charge in [0.05, 0.1) is 19.2 Å². The summed E-state index contributed by atoms with van der Waals surface area (Å²) in [5, 5.41) is 0. The highest BCUT2D eigenvalue weighted by Crippen LogP contribution is 2.24. The Morgan fingerprint density at radius 3 is 2.52 bits per heavy atom. The minimum absolute atomic E-state index is 0.118. The number of ether oxygens (including phenoxy) is 1. The van der Waals surface area contributed by atoms with Crippen LogP contribution in [0, 0.1) is 5.92 Å². The second-order valence-electron chi connectivity index (χ2n) is 5.29. The van der Waals surface area contributed by atoms with Crippen LogP contribution in [0.4, 0.5) is 0 Å². The third kappa shape index (κ3) is 3.39. The van der Waals surface area contributed by atoms with Gasteiger partial charge in [-0.25, -0.2) is 0 Å². The van der Waals surface area contributed by atoms with Crippen LogP contribution in [0.2, 0.25) is 0 Å². The van der Waals surface area contributed by atoms with Crippen molar-refractivity contribution in [3.05, 3.63) is 29.3 Å². The quantitative estimate of drug-likeness (QED) is 0.676. The molecular formula is C15H18N2O3S. The molecule has 0 bridgehead atoms. The Morgan fingerprint density at radius 1 is 1.38 bits per heavy atom. The largest absolute Gasteiger partial charge is 0.496 e. The summed E-state index contributed by atoms with van der Waals surface area (Å²) >= 11 is 4.95. The molecule has 112 valence electrons. The van der Waals surface area contributed by atoms with Gasteiger partial charge in [-0.2, -0.15) is 0 Å². The fourth-order valence-corrected chi connectivity index (χ4v) is 2.59. The normalized spacial score (nSPS) is 16.2. The Hall–Kier alpha value is -1.95. The number of carbonyl (C=O) groups is 2. The minimum atomic E-state index is -0.129. The van der Waals surface area contributed by atoms with Gasteiger partial charge in [-0.3, -0.25) is 14.5 Å². The number of hydrogen-bond donors (Lipinski definition) is 1. The molecule has 1 aliphatic heterocycles.